The van der Waals surface area contributed by atoms with Crippen LogP contribution in [0.3, 0.4) is 0 Å². The Hall–Kier alpha value is -5.48. The Balaban J connectivity index is 1.36. The third-order valence-corrected chi connectivity index (χ3v) is 10.6. The van der Waals surface area contributed by atoms with Crippen molar-refractivity contribution in [2.24, 2.45) is 20.0 Å². The van der Waals surface area contributed by atoms with E-state index in [1.165, 1.54) is 66.8 Å². The molecule has 6 aromatic rings. The summed E-state index contributed by atoms with van der Waals surface area (Å²) in [6, 6.07) is 34.5. The van der Waals surface area contributed by atoms with Crippen molar-refractivity contribution in [3.8, 4) is 0 Å². The van der Waals surface area contributed by atoms with Crippen LogP contribution in [-0.4, -0.2) is 0 Å². The van der Waals surface area contributed by atoms with Gasteiger partial charge in [-0.15, -0.1) is 0 Å². The molecule has 16 aliphatic heterocycles. The molecule has 0 amide bonds. The second kappa shape index (κ2) is 13.4. The summed E-state index contributed by atoms with van der Waals surface area (Å²) in [5, 5.41) is 4.13. The van der Waals surface area contributed by atoms with Crippen LogP contribution >= 0.6 is 0 Å². The topological polar surface area (TPSA) is 49.4 Å². The van der Waals surface area contributed by atoms with Gasteiger partial charge in [0.15, 0.2) is 0 Å². The van der Waals surface area contributed by atoms with Crippen molar-refractivity contribution < 1.29 is 0 Å². The minimum Gasteiger partial charge on any atom is -0.248 e. The number of hydrogen-bond acceptors (Lipinski definition) is 4. The molecule has 0 spiro atoms. The highest BCUT2D eigenvalue weighted by atomic mass is 14.8. The molecule has 4 nitrogen and oxygen atoms in total. The molecule has 6 aromatic carbocycles. The molecule has 12 bridgehead atoms. The van der Waals surface area contributed by atoms with Gasteiger partial charge in [0.25, 0.3) is 0 Å². The molecule has 16 heterocycles. The van der Waals surface area contributed by atoms with Gasteiger partial charge in [0, 0.05) is 0 Å². The van der Waals surface area contributed by atoms with Crippen LogP contribution in [-0.2, 0) is 12.8 Å². The second-order valence-electron chi connectivity index (χ2n) is 13.9. The van der Waals surface area contributed by atoms with Crippen LogP contribution in [0.1, 0.15) is 66.8 Å². The lowest BCUT2D eigenvalue weighted by molar-refractivity contribution is 1.08. The van der Waals surface area contributed by atoms with Gasteiger partial charge >= 0.3 is 0 Å². The summed E-state index contributed by atoms with van der Waals surface area (Å²) in [5.41, 5.74) is 18.2. The van der Waals surface area contributed by atoms with Crippen molar-refractivity contribution in [2.45, 2.75) is 68.2 Å². The van der Waals surface area contributed by atoms with E-state index in [4.69, 9.17) is 20.0 Å². The first-order valence-corrected chi connectivity index (χ1v) is 17.5. The molecule has 0 saturated heterocycles. The Morgan fingerprint density at radius 1 is 0.260 bits per heavy atom. The predicted octanol–water partition coefficient (Wildman–Crippen LogP) is 9.45. The summed E-state index contributed by atoms with van der Waals surface area (Å²) in [6.07, 6.45) is 1.70. The van der Waals surface area contributed by atoms with E-state index < -0.39 is 0 Å². The van der Waals surface area contributed by atoms with Crippen molar-refractivity contribution in [1.82, 2.24) is 0 Å². The first-order valence-electron chi connectivity index (χ1n) is 17.5. The van der Waals surface area contributed by atoms with E-state index in [0.29, 0.717) is 0 Å². The summed E-state index contributed by atoms with van der Waals surface area (Å²) < 4.78 is 0. The smallest absolute Gasteiger partial charge is 0.0702 e. The maximum Gasteiger partial charge on any atom is 0.0702 e. The van der Waals surface area contributed by atoms with E-state index in [0.717, 1.165) is 57.0 Å². The Morgan fingerprint density at radius 2 is 0.420 bits per heavy atom. The SMILES string of the molecule is Cc1c(C)c2c(C)c(C)c1=Nc1ccc(cc1)Cc1ccc(cc1)N=c1c(C)c(C)c(c(C)c1C)=Nc1ccc(cc1)Cc1ccc(cc1)N=2. The van der Waals surface area contributed by atoms with Crippen LogP contribution in [0.5, 0.6) is 0 Å². The van der Waals surface area contributed by atoms with Crippen molar-refractivity contribution in [3.63, 3.8) is 0 Å². The van der Waals surface area contributed by atoms with E-state index >= 15 is 0 Å². The first kappa shape index (κ1) is 33.0. The highest BCUT2D eigenvalue weighted by Gasteiger charge is 2.11. The van der Waals surface area contributed by atoms with Gasteiger partial charge in [-0.3, -0.25) is 0 Å². The molecule has 16 aliphatic rings. The molecule has 0 atom stereocenters. The maximum absolute atomic E-state index is 5.14. The fourth-order valence-electron chi connectivity index (χ4n) is 6.96. The van der Waals surface area contributed by atoms with E-state index in [-0.39, 0.29) is 0 Å². The van der Waals surface area contributed by atoms with Gasteiger partial charge < -0.3 is 0 Å². The molecule has 22 rings (SSSR count). The van der Waals surface area contributed by atoms with Crippen molar-refractivity contribution in [2.75, 3.05) is 0 Å². The molecule has 0 aromatic heterocycles. The van der Waals surface area contributed by atoms with Crippen LogP contribution in [0.25, 0.3) is 0 Å². The molecule has 0 fully saturated rings. The van der Waals surface area contributed by atoms with Crippen LogP contribution in [0, 0.1) is 55.4 Å². The predicted molar refractivity (Wildman–Crippen MR) is 205 cm³/mol. The maximum atomic E-state index is 5.14. The fourth-order valence-corrected chi connectivity index (χ4v) is 6.96. The number of benzene rings is 6. The Labute approximate surface area is 295 Å². The average molecular weight is 653 g/mol. The number of hydrogen-bond donors (Lipinski definition) is 0. The molecule has 0 unspecified atom stereocenters. The molecular formula is C46H44N4. The van der Waals surface area contributed by atoms with Gasteiger partial charge in [-0.05, 0) is 184 Å². The van der Waals surface area contributed by atoms with Gasteiger partial charge in [0.2, 0.25) is 0 Å². The fraction of sp³-hybridized carbons (Fsp3) is 0.217. The van der Waals surface area contributed by atoms with Gasteiger partial charge in [-0.2, -0.15) is 0 Å². The molecule has 0 N–H and O–H groups in total. The van der Waals surface area contributed by atoms with E-state index in [9.17, 15) is 0 Å². The van der Waals surface area contributed by atoms with Gasteiger partial charge in [-0.25, -0.2) is 20.0 Å². The number of nitrogens with zero attached hydrogens (tertiary/aromatic N) is 4. The van der Waals surface area contributed by atoms with Crippen molar-refractivity contribution in [1.29, 1.82) is 0 Å². The summed E-state index contributed by atoms with van der Waals surface area (Å²) in [4.78, 5) is 20.5. The standard InChI is InChI=1S/C46H44N4/c1-27-28(2)44-30(4)29(3)43(27)47-39-17-9-35(10-18-39)25-37-13-21-41(22-14-37)49-45-31(5)33(7)46(34(8)32(45)6)50-42-23-15-38(16-24-42)26-36-11-19-40(48-44)20-12-36/h9-24H,25-26H2,1-8H3. The molecule has 248 valence electrons. The molecule has 4 heteroatoms. The highest BCUT2D eigenvalue weighted by molar-refractivity contribution is 5.48. The van der Waals surface area contributed by atoms with Gasteiger partial charge in [-0.1, -0.05) is 48.5 Å². The quantitative estimate of drug-likeness (QED) is 0.157. The molecule has 0 saturated carbocycles. The normalized spacial score (nSPS) is 12.5. The summed E-state index contributed by atoms with van der Waals surface area (Å²) in [5.74, 6) is 0. The molecule has 50 heavy (non-hydrogen) atoms. The lowest BCUT2D eigenvalue weighted by Crippen LogP contribution is -2.25. The zero-order valence-corrected chi connectivity index (χ0v) is 30.4. The lowest BCUT2D eigenvalue weighted by atomic mass is 9.98. The zero-order chi connectivity index (χ0) is 35.1. The summed E-state index contributed by atoms with van der Waals surface area (Å²) in [7, 11) is 0. The van der Waals surface area contributed by atoms with Crippen LogP contribution in [0.2, 0.25) is 0 Å². The monoisotopic (exact) mass is 652 g/mol. The Bertz CT molecular complexity index is 2080. The molecule has 0 aliphatic carbocycles. The van der Waals surface area contributed by atoms with E-state index in [2.05, 4.69) is 152 Å². The Morgan fingerprint density at radius 3 is 0.580 bits per heavy atom. The zero-order valence-electron chi connectivity index (χ0n) is 30.4. The summed E-state index contributed by atoms with van der Waals surface area (Å²) in [6.45, 7) is 17.3. The molecular weight excluding hydrogens is 609 g/mol. The van der Waals surface area contributed by atoms with Crippen LogP contribution in [0.15, 0.2) is 117 Å². The van der Waals surface area contributed by atoms with E-state index in [1.54, 1.807) is 0 Å². The van der Waals surface area contributed by atoms with Gasteiger partial charge in [0.05, 0.1) is 44.2 Å². The second-order valence-corrected chi connectivity index (χ2v) is 13.9. The minimum atomic E-state index is 0.849. The van der Waals surface area contributed by atoms with Crippen LogP contribution < -0.4 is 21.4 Å². The summed E-state index contributed by atoms with van der Waals surface area (Å²) >= 11 is 0. The van der Waals surface area contributed by atoms with Crippen LogP contribution in [0.4, 0.5) is 22.7 Å². The highest BCUT2D eigenvalue weighted by Crippen LogP contribution is 2.22. The van der Waals surface area contributed by atoms with Gasteiger partial charge in [0.1, 0.15) is 0 Å². The third kappa shape index (κ3) is 6.46. The minimum absolute atomic E-state index is 0.849. The average Bonchev–Trinajstić information content (AvgIpc) is 3.13. The lowest BCUT2D eigenvalue weighted by Gasteiger charge is -2.11. The van der Waals surface area contributed by atoms with Crippen molar-refractivity contribution in [3.05, 3.63) is 185 Å². The third-order valence-electron chi connectivity index (χ3n) is 10.6. The number of rotatable bonds is 0. The van der Waals surface area contributed by atoms with Crippen molar-refractivity contribution >= 4 is 22.7 Å². The van der Waals surface area contributed by atoms with E-state index in [1.807, 2.05) is 0 Å². The first-order chi connectivity index (χ1) is 24.0. The largest absolute Gasteiger partial charge is 0.248 e. The molecule has 0 radical (unpaired) electrons. The Kier molecular flexibility index (Phi) is 8.88.